The number of hydrogen-bond acceptors (Lipinski definition) is 2. The molecule has 0 bridgehead atoms. The minimum atomic E-state index is -0.624. The predicted octanol–water partition coefficient (Wildman–Crippen LogP) is 3.51. The minimum absolute atomic E-state index is 0.217. The van der Waals surface area contributed by atoms with E-state index in [-0.39, 0.29) is 5.82 Å². The third-order valence-electron chi connectivity index (χ3n) is 3.77. The highest BCUT2D eigenvalue weighted by Crippen LogP contribution is 2.34. The number of hydrogen-bond donors (Lipinski definition) is 1. The molecule has 1 aliphatic heterocycles. The van der Waals surface area contributed by atoms with Crippen LogP contribution in [0.4, 0.5) is 10.1 Å². The summed E-state index contributed by atoms with van der Waals surface area (Å²) < 4.78 is 14.0. The lowest BCUT2D eigenvalue weighted by atomic mass is 10.0. The van der Waals surface area contributed by atoms with E-state index in [1.807, 2.05) is 6.07 Å². The number of benzene rings is 1. The molecule has 1 heterocycles. The normalized spacial score (nSPS) is 21.3. The second-order valence-corrected chi connectivity index (χ2v) is 5.24. The third kappa shape index (κ3) is 2.66. The van der Waals surface area contributed by atoms with Crippen LogP contribution in [-0.4, -0.2) is 18.2 Å². The van der Waals surface area contributed by atoms with Gasteiger partial charge in [-0.15, -0.1) is 0 Å². The fraction of sp³-hybridized carbons (Fsp3) is 0.600. The molecule has 0 radical (unpaired) electrons. The highest BCUT2D eigenvalue weighted by atomic mass is 19.1. The Morgan fingerprint density at radius 2 is 2.28 bits per heavy atom. The first-order valence-electron chi connectivity index (χ1n) is 6.85. The van der Waals surface area contributed by atoms with Crippen molar-refractivity contribution in [3.05, 3.63) is 29.6 Å². The number of para-hydroxylation sites is 1. The zero-order valence-corrected chi connectivity index (χ0v) is 11.2. The molecule has 0 saturated carbocycles. The van der Waals surface area contributed by atoms with E-state index in [0.29, 0.717) is 17.2 Å². The molecule has 2 atom stereocenters. The van der Waals surface area contributed by atoms with E-state index in [1.165, 1.54) is 18.9 Å². The Balaban J connectivity index is 2.23. The first kappa shape index (κ1) is 13.3. The van der Waals surface area contributed by atoms with Gasteiger partial charge in [0.05, 0.1) is 11.8 Å². The quantitative estimate of drug-likeness (QED) is 0.885. The summed E-state index contributed by atoms with van der Waals surface area (Å²) in [7, 11) is 0. The van der Waals surface area contributed by atoms with Crippen LogP contribution in [-0.2, 0) is 0 Å². The van der Waals surface area contributed by atoms with Crippen LogP contribution in [0.2, 0.25) is 0 Å². The second kappa shape index (κ2) is 5.70. The zero-order valence-electron chi connectivity index (χ0n) is 11.2. The number of aliphatic hydroxyl groups excluding tert-OH is 1. The van der Waals surface area contributed by atoms with Crippen molar-refractivity contribution in [2.45, 2.75) is 39.2 Å². The Morgan fingerprint density at radius 3 is 2.94 bits per heavy atom. The summed E-state index contributed by atoms with van der Waals surface area (Å²) in [6.07, 6.45) is 2.89. The van der Waals surface area contributed by atoms with E-state index in [0.717, 1.165) is 19.5 Å². The molecule has 1 fully saturated rings. The van der Waals surface area contributed by atoms with Crippen molar-refractivity contribution < 1.29 is 9.50 Å². The topological polar surface area (TPSA) is 23.5 Å². The molecule has 0 spiro atoms. The Hall–Kier alpha value is -1.09. The molecule has 0 amide bonds. The van der Waals surface area contributed by atoms with Gasteiger partial charge >= 0.3 is 0 Å². The van der Waals surface area contributed by atoms with Crippen LogP contribution in [0, 0.1) is 11.7 Å². The van der Waals surface area contributed by atoms with Gasteiger partial charge in [0.1, 0.15) is 5.82 Å². The molecule has 1 aromatic rings. The first-order valence-corrected chi connectivity index (χ1v) is 6.85. The van der Waals surface area contributed by atoms with E-state index < -0.39 is 6.10 Å². The summed E-state index contributed by atoms with van der Waals surface area (Å²) in [6, 6.07) is 4.96. The molecule has 1 saturated heterocycles. The molecule has 2 nitrogen and oxygen atoms in total. The SMILES string of the molecule is CCCC1CCN(c2c(F)cccc2C(C)O)C1. The number of rotatable bonds is 4. The molecule has 1 aliphatic rings. The van der Waals surface area contributed by atoms with E-state index in [1.54, 1.807) is 13.0 Å². The van der Waals surface area contributed by atoms with Crippen LogP contribution in [0.3, 0.4) is 0 Å². The minimum Gasteiger partial charge on any atom is -0.389 e. The summed E-state index contributed by atoms with van der Waals surface area (Å²) in [4.78, 5) is 2.09. The Bertz CT molecular complexity index is 405. The summed E-state index contributed by atoms with van der Waals surface area (Å²) >= 11 is 0. The Labute approximate surface area is 108 Å². The fourth-order valence-corrected chi connectivity index (χ4v) is 2.88. The average Bonchev–Trinajstić information content (AvgIpc) is 2.77. The maximum Gasteiger partial charge on any atom is 0.146 e. The molecule has 3 heteroatoms. The average molecular weight is 251 g/mol. The van der Waals surface area contributed by atoms with Crippen molar-refractivity contribution >= 4 is 5.69 Å². The standard InChI is InChI=1S/C15H22FNO/c1-3-5-12-8-9-17(10-12)15-13(11(2)18)6-4-7-14(15)16/h4,6-7,11-12,18H,3,5,8-10H2,1-2H3. The molecule has 18 heavy (non-hydrogen) atoms. The van der Waals surface area contributed by atoms with E-state index in [4.69, 9.17) is 0 Å². The maximum atomic E-state index is 14.0. The summed E-state index contributed by atoms with van der Waals surface area (Å²) in [5.41, 5.74) is 1.30. The second-order valence-electron chi connectivity index (χ2n) is 5.24. The number of halogens is 1. The third-order valence-corrected chi connectivity index (χ3v) is 3.77. The molecular formula is C15H22FNO. The van der Waals surface area contributed by atoms with Gasteiger partial charge in [0.25, 0.3) is 0 Å². The summed E-state index contributed by atoms with van der Waals surface area (Å²) in [5, 5.41) is 9.77. The monoisotopic (exact) mass is 251 g/mol. The molecule has 0 aliphatic carbocycles. The van der Waals surface area contributed by atoms with Gasteiger partial charge in [0.2, 0.25) is 0 Å². The van der Waals surface area contributed by atoms with Crippen LogP contribution in [0.15, 0.2) is 18.2 Å². The lowest BCUT2D eigenvalue weighted by molar-refractivity contribution is 0.199. The maximum absolute atomic E-state index is 14.0. The zero-order chi connectivity index (χ0) is 13.1. The van der Waals surface area contributed by atoms with Gasteiger partial charge in [-0.05, 0) is 31.7 Å². The molecular weight excluding hydrogens is 229 g/mol. The molecule has 2 rings (SSSR count). The fourth-order valence-electron chi connectivity index (χ4n) is 2.88. The number of nitrogens with zero attached hydrogens (tertiary/aromatic N) is 1. The van der Waals surface area contributed by atoms with Gasteiger partial charge < -0.3 is 10.0 Å². The van der Waals surface area contributed by atoms with Crippen molar-refractivity contribution in [2.75, 3.05) is 18.0 Å². The lowest BCUT2D eigenvalue weighted by Gasteiger charge is -2.24. The predicted molar refractivity (Wildman–Crippen MR) is 72.3 cm³/mol. The number of anilines is 1. The van der Waals surface area contributed by atoms with Crippen LogP contribution in [0.5, 0.6) is 0 Å². The van der Waals surface area contributed by atoms with Gasteiger partial charge in [-0.25, -0.2) is 4.39 Å². The van der Waals surface area contributed by atoms with Crippen molar-refractivity contribution in [1.82, 2.24) is 0 Å². The van der Waals surface area contributed by atoms with Gasteiger partial charge in [-0.1, -0.05) is 25.5 Å². The molecule has 2 unspecified atom stereocenters. The largest absolute Gasteiger partial charge is 0.389 e. The Kier molecular flexibility index (Phi) is 4.23. The van der Waals surface area contributed by atoms with Crippen molar-refractivity contribution in [3.63, 3.8) is 0 Å². The smallest absolute Gasteiger partial charge is 0.146 e. The van der Waals surface area contributed by atoms with Crippen LogP contribution < -0.4 is 4.90 Å². The van der Waals surface area contributed by atoms with Crippen LogP contribution >= 0.6 is 0 Å². The number of aliphatic hydroxyl groups is 1. The molecule has 1 N–H and O–H groups in total. The summed E-state index contributed by atoms with van der Waals surface area (Å²) in [6.45, 7) is 5.69. The van der Waals surface area contributed by atoms with E-state index >= 15 is 0 Å². The molecule has 100 valence electrons. The van der Waals surface area contributed by atoms with Crippen molar-refractivity contribution in [1.29, 1.82) is 0 Å². The van der Waals surface area contributed by atoms with Gasteiger partial charge in [0, 0.05) is 18.7 Å². The van der Waals surface area contributed by atoms with Gasteiger partial charge in [0.15, 0.2) is 0 Å². The van der Waals surface area contributed by atoms with Crippen molar-refractivity contribution in [3.8, 4) is 0 Å². The van der Waals surface area contributed by atoms with E-state index in [9.17, 15) is 9.50 Å². The van der Waals surface area contributed by atoms with E-state index in [2.05, 4.69) is 11.8 Å². The van der Waals surface area contributed by atoms with Gasteiger partial charge in [-0.2, -0.15) is 0 Å². The highest BCUT2D eigenvalue weighted by Gasteiger charge is 2.26. The van der Waals surface area contributed by atoms with Crippen LogP contribution in [0.25, 0.3) is 0 Å². The summed E-state index contributed by atoms with van der Waals surface area (Å²) in [5.74, 6) is 0.446. The highest BCUT2D eigenvalue weighted by molar-refractivity contribution is 5.56. The first-order chi connectivity index (χ1) is 8.63. The van der Waals surface area contributed by atoms with Gasteiger partial charge in [-0.3, -0.25) is 0 Å². The molecule has 0 aromatic heterocycles. The lowest BCUT2D eigenvalue weighted by Crippen LogP contribution is -2.23. The molecule has 1 aromatic carbocycles. The van der Waals surface area contributed by atoms with Crippen molar-refractivity contribution in [2.24, 2.45) is 5.92 Å². The van der Waals surface area contributed by atoms with Crippen LogP contribution in [0.1, 0.15) is 44.8 Å². The Morgan fingerprint density at radius 1 is 1.50 bits per heavy atom.